The maximum Gasteiger partial charge on any atom is 0.330 e. The Balaban J connectivity index is 1.51. The molecule has 3 aromatic carbocycles. The molecule has 0 saturated carbocycles. The van der Waals surface area contributed by atoms with Crippen LogP contribution in [-0.4, -0.2) is 105 Å². The number of hydrogen-bond acceptors (Lipinski definition) is 8. The fraction of sp³-hybridized carbons (Fsp3) is 0.438. The summed E-state index contributed by atoms with van der Waals surface area (Å²) < 4.78 is 0. The molecule has 1 aliphatic rings. The highest BCUT2D eigenvalue weighted by Gasteiger charge is 2.37. The molecular weight excluding hydrogens is 868 g/mol. The number of carboxylic acid groups (broad SMARTS) is 1. The minimum Gasteiger partial charge on any atom is -0.506 e. The molecule has 1 saturated heterocycles. The lowest BCUT2D eigenvalue weighted by atomic mass is 9.97. The van der Waals surface area contributed by atoms with Gasteiger partial charge in [-0.25, -0.2) is 9.59 Å². The number of nitrogens with zero attached hydrogens (tertiary/aromatic N) is 1. The van der Waals surface area contributed by atoms with E-state index in [4.69, 9.17) is 11.6 Å². The highest BCUT2D eigenvalue weighted by Crippen LogP contribution is 2.31. The second-order valence-corrected chi connectivity index (χ2v) is 18.0. The van der Waals surface area contributed by atoms with E-state index in [9.17, 15) is 43.8 Å². The molecule has 4 aromatic rings. The summed E-state index contributed by atoms with van der Waals surface area (Å²) in [7, 11) is 1.45. The number of rotatable bonds is 12. The summed E-state index contributed by atoms with van der Waals surface area (Å²) in [5.74, 6) is -4.88. The number of amides is 7. The summed E-state index contributed by atoms with van der Waals surface area (Å²) in [6, 6.07) is 11.9. The number of phenols is 1. The molecule has 0 bridgehead atoms. The molecule has 5 rings (SSSR count). The Morgan fingerprint density at radius 2 is 1.41 bits per heavy atom. The maximum absolute atomic E-state index is 14.8. The van der Waals surface area contributed by atoms with Gasteiger partial charge in [0, 0.05) is 43.5 Å². The lowest BCUT2D eigenvalue weighted by Gasteiger charge is -2.33. The molecule has 1 aliphatic heterocycles. The highest BCUT2D eigenvalue weighted by molar-refractivity contribution is 6.32. The number of benzene rings is 3. The fourth-order valence-electron chi connectivity index (χ4n) is 7.98. The minimum absolute atomic E-state index is 0.0388. The van der Waals surface area contributed by atoms with Crippen LogP contribution in [0.4, 0.5) is 4.79 Å². The minimum atomic E-state index is -1.43. The molecule has 1 aromatic heterocycles. The number of carboxylic acids is 1. The summed E-state index contributed by atoms with van der Waals surface area (Å²) >= 11 is 6.20. The van der Waals surface area contributed by atoms with Crippen LogP contribution in [0.3, 0.4) is 0 Å². The Morgan fingerprint density at radius 1 is 0.788 bits per heavy atom. The Labute approximate surface area is 389 Å². The molecule has 17 nitrogen and oxygen atoms in total. The third-order valence-corrected chi connectivity index (χ3v) is 11.7. The number of hydrogen-bond donors (Lipinski definition) is 9. The number of carbonyl (C=O) groups excluding carboxylic acids is 6. The molecule has 1 unspecified atom stereocenters. The van der Waals surface area contributed by atoms with Gasteiger partial charge >= 0.3 is 12.0 Å². The molecule has 66 heavy (non-hydrogen) atoms. The lowest BCUT2D eigenvalue weighted by molar-refractivity contribution is -0.143. The van der Waals surface area contributed by atoms with Crippen molar-refractivity contribution in [3.63, 3.8) is 0 Å². The average molecular weight is 930 g/mol. The number of halogens is 1. The first-order valence-corrected chi connectivity index (χ1v) is 22.6. The van der Waals surface area contributed by atoms with Gasteiger partial charge in [0.25, 0.3) is 0 Å². The van der Waals surface area contributed by atoms with Crippen LogP contribution < -0.4 is 31.9 Å². The first kappa shape index (κ1) is 50.4. The van der Waals surface area contributed by atoms with Gasteiger partial charge in [0.2, 0.25) is 29.5 Å². The Kier molecular flexibility index (Phi) is 18.0. The van der Waals surface area contributed by atoms with E-state index in [2.05, 4.69) is 36.9 Å². The highest BCUT2D eigenvalue weighted by atomic mass is 35.5. The van der Waals surface area contributed by atoms with E-state index in [1.54, 1.807) is 42.6 Å². The van der Waals surface area contributed by atoms with Crippen molar-refractivity contribution < 1.29 is 43.8 Å². The predicted molar refractivity (Wildman–Crippen MR) is 249 cm³/mol. The van der Waals surface area contributed by atoms with Gasteiger partial charge in [0.15, 0.2) is 6.04 Å². The van der Waals surface area contributed by atoms with Crippen LogP contribution in [0.1, 0.15) is 82.5 Å². The van der Waals surface area contributed by atoms with Gasteiger partial charge in [-0.15, -0.1) is 0 Å². The standard InChI is InChI=1S/C48H61ClN8O9/c1-27(2)20-36-44(61)54-38(21-28(3)4)46(63)57(5)39(23-31-26-51-35-25-33(49)40(58)24-32(31)35)45(62)53-37(22-29-14-8-6-9-15-29)42(59)50-19-13-12-18-34(43(60)52-36)55-48(66)56-41(47(64)65)30-16-10-7-11-17-30/h6-11,14-17,24-28,34,36-39,41,51,58H,12-13,18-23H2,1-5H3,(H,50,59)(H,52,60)(H,53,62)(H,54,61)(H,64,65)(H2,55,56,66)/t34-,36+,37+,38+,39?,41+/m1/s1. The molecule has 7 amide bonds. The van der Waals surface area contributed by atoms with Crippen molar-refractivity contribution in [2.75, 3.05) is 13.6 Å². The molecular formula is C48H61ClN8O9. The van der Waals surface area contributed by atoms with E-state index < -0.39 is 77.8 Å². The number of fused-ring (bicyclic) bond motifs is 1. The topological polar surface area (TPSA) is 251 Å². The van der Waals surface area contributed by atoms with Crippen LogP contribution in [0.15, 0.2) is 79.0 Å². The molecule has 9 N–H and O–H groups in total. The number of aliphatic carboxylic acids is 1. The zero-order valence-corrected chi connectivity index (χ0v) is 38.6. The van der Waals surface area contributed by atoms with Crippen LogP contribution in [0.25, 0.3) is 10.9 Å². The number of carbonyl (C=O) groups is 7. The first-order valence-electron chi connectivity index (χ1n) is 22.2. The number of aromatic nitrogens is 1. The smallest absolute Gasteiger partial charge is 0.330 e. The second kappa shape index (κ2) is 23.5. The van der Waals surface area contributed by atoms with Crippen molar-refractivity contribution in [3.8, 4) is 5.75 Å². The summed E-state index contributed by atoms with van der Waals surface area (Å²) in [5.41, 5.74) is 2.21. The van der Waals surface area contributed by atoms with Crippen molar-refractivity contribution in [2.45, 2.75) is 109 Å². The molecule has 0 radical (unpaired) electrons. The summed E-state index contributed by atoms with van der Waals surface area (Å²) in [6.07, 6.45) is 2.66. The van der Waals surface area contributed by atoms with Crippen LogP contribution in [-0.2, 0) is 41.6 Å². The van der Waals surface area contributed by atoms with E-state index in [0.29, 0.717) is 34.9 Å². The van der Waals surface area contributed by atoms with E-state index in [0.717, 1.165) is 5.56 Å². The number of aromatic amines is 1. The Morgan fingerprint density at radius 3 is 2.06 bits per heavy atom. The van der Waals surface area contributed by atoms with E-state index in [1.165, 1.54) is 18.0 Å². The largest absolute Gasteiger partial charge is 0.506 e. The van der Waals surface area contributed by atoms with Crippen molar-refractivity contribution in [2.24, 2.45) is 11.8 Å². The van der Waals surface area contributed by atoms with Gasteiger partial charge in [-0.3, -0.25) is 24.0 Å². The molecule has 0 spiro atoms. The van der Waals surface area contributed by atoms with E-state index in [-0.39, 0.29) is 61.3 Å². The Bertz CT molecular complexity index is 2340. The third kappa shape index (κ3) is 13.9. The monoisotopic (exact) mass is 928 g/mol. The molecule has 6 atom stereocenters. The van der Waals surface area contributed by atoms with Crippen LogP contribution in [0.5, 0.6) is 5.75 Å². The van der Waals surface area contributed by atoms with E-state index in [1.807, 2.05) is 58.0 Å². The van der Waals surface area contributed by atoms with Gasteiger partial charge in [0.1, 0.15) is 36.0 Å². The number of aromatic hydroxyl groups is 1. The SMILES string of the molecule is CC(C)C[C@@H]1NC(=O)[C@H](NC(=O)N[C@H](C(=O)O)c2ccccc2)CCCCNC(=O)[C@H](Cc2ccccc2)NC(=O)C(Cc2c[nH]c3cc(Cl)c(O)cc23)N(C)C(=O)[C@H](CC(C)C)NC1=O. The maximum atomic E-state index is 14.8. The normalized spacial score (nSPS) is 21.2. The number of nitrogens with one attached hydrogen (secondary N) is 7. The predicted octanol–water partition coefficient (Wildman–Crippen LogP) is 4.48. The third-order valence-electron chi connectivity index (χ3n) is 11.4. The fourth-order valence-corrected chi connectivity index (χ4v) is 8.14. The summed E-state index contributed by atoms with van der Waals surface area (Å²) in [6.45, 7) is 7.58. The Hall–Kier alpha value is -6.62. The molecule has 1 fully saturated rings. The van der Waals surface area contributed by atoms with Crippen LogP contribution in [0.2, 0.25) is 5.02 Å². The summed E-state index contributed by atoms with van der Waals surface area (Å²) in [4.78, 5) is 102. The quantitative estimate of drug-likeness (QED) is 0.0971. The first-order chi connectivity index (χ1) is 31.4. The van der Waals surface area contributed by atoms with Gasteiger partial charge in [0.05, 0.1) is 5.02 Å². The molecule has 354 valence electrons. The van der Waals surface area contributed by atoms with Gasteiger partial charge in [-0.1, -0.05) is 100.0 Å². The zero-order valence-electron chi connectivity index (χ0n) is 37.9. The van der Waals surface area contributed by atoms with Crippen LogP contribution >= 0.6 is 11.6 Å². The average Bonchev–Trinajstić information content (AvgIpc) is 3.65. The van der Waals surface area contributed by atoms with E-state index >= 15 is 0 Å². The van der Waals surface area contributed by atoms with Crippen LogP contribution in [0, 0.1) is 11.8 Å². The van der Waals surface area contributed by atoms with Gasteiger partial charge in [-0.2, -0.15) is 0 Å². The molecule has 0 aliphatic carbocycles. The molecule has 18 heteroatoms. The summed E-state index contributed by atoms with van der Waals surface area (Å²) in [5, 5.41) is 37.6. The van der Waals surface area contributed by atoms with Gasteiger partial charge in [-0.05, 0) is 72.8 Å². The number of H-pyrrole nitrogens is 1. The second-order valence-electron chi connectivity index (χ2n) is 17.6. The van der Waals surface area contributed by atoms with Crippen molar-refractivity contribution in [3.05, 3.63) is 101 Å². The lowest BCUT2D eigenvalue weighted by Crippen LogP contribution is -2.60. The van der Waals surface area contributed by atoms with Crippen molar-refractivity contribution >= 4 is 64.0 Å². The number of phenolic OH excluding ortho intramolecular Hbond substituents is 1. The molecule has 2 heterocycles. The van der Waals surface area contributed by atoms with Crippen molar-refractivity contribution in [1.82, 2.24) is 41.8 Å². The van der Waals surface area contributed by atoms with Gasteiger partial charge < -0.3 is 52.0 Å². The zero-order chi connectivity index (χ0) is 48.1. The van der Waals surface area contributed by atoms with Crippen molar-refractivity contribution in [1.29, 1.82) is 0 Å². The number of likely N-dealkylation sites (N-methyl/N-ethyl adjacent to an activating group) is 1. The number of urea groups is 1.